The van der Waals surface area contributed by atoms with Crippen molar-refractivity contribution in [3.63, 3.8) is 0 Å². The summed E-state index contributed by atoms with van der Waals surface area (Å²) in [6.45, 7) is 5.28. The van der Waals surface area contributed by atoms with Crippen molar-refractivity contribution in [3.8, 4) is 28.7 Å². The van der Waals surface area contributed by atoms with E-state index in [1.165, 1.54) is 67.6 Å². The zero-order chi connectivity index (χ0) is 23.1. The minimum atomic E-state index is 0.538. The number of ether oxygens (including phenoxy) is 1. The van der Waals surface area contributed by atoms with Crippen molar-refractivity contribution in [1.82, 2.24) is 10.2 Å². The van der Waals surface area contributed by atoms with Gasteiger partial charge in [0.2, 0.25) is 0 Å². The van der Waals surface area contributed by atoms with E-state index in [1.54, 1.807) is 0 Å². The number of benzene rings is 2. The summed E-state index contributed by atoms with van der Waals surface area (Å²) in [5.41, 5.74) is 1.88. The van der Waals surface area contributed by atoms with E-state index in [1.807, 2.05) is 24.3 Å². The first-order valence-corrected chi connectivity index (χ1v) is 14.7. The van der Waals surface area contributed by atoms with Gasteiger partial charge in [-0.1, -0.05) is 51.9 Å². The Kier molecular flexibility index (Phi) is 11.5. The van der Waals surface area contributed by atoms with E-state index in [2.05, 4.69) is 48.3 Å². The molecule has 0 radical (unpaired) electrons. The Morgan fingerprint density at radius 3 is 1.82 bits per heavy atom. The van der Waals surface area contributed by atoms with Gasteiger partial charge in [-0.05, 0) is 6.42 Å². The SMILES string of the molecule is CCCCCCCCCCOc1ccc(-c2nnc(-c3ccc([Se]CCCC)cc3)o2)cc1. The molecule has 1 aromatic heterocycles. The molecule has 0 aliphatic carbocycles. The Morgan fingerprint density at radius 1 is 0.667 bits per heavy atom. The molecule has 0 spiro atoms. The van der Waals surface area contributed by atoms with Gasteiger partial charge in [-0.25, -0.2) is 0 Å². The number of aromatic nitrogens is 2. The molecule has 0 atom stereocenters. The van der Waals surface area contributed by atoms with Gasteiger partial charge in [-0.2, -0.15) is 0 Å². The van der Waals surface area contributed by atoms with Gasteiger partial charge in [0, 0.05) is 0 Å². The van der Waals surface area contributed by atoms with E-state index in [4.69, 9.17) is 9.15 Å². The van der Waals surface area contributed by atoms with Gasteiger partial charge in [0.15, 0.2) is 0 Å². The molecule has 0 N–H and O–H groups in total. The number of rotatable bonds is 16. The number of hydrogen-bond acceptors (Lipinski definition) is 4. The van der Waals surface area contributed by atoms with Gasteiger partial charge >= 0.3 is 141 Å². The summed E-state index contributed by atoms with van der Waals surface area (Å²) in [6.07, 6.45) is 13.0. The third-order valence-corrected chi connectivity index (χ3v) is 7.97. The average molecular weight is 514 g/mol. The number of hydrogen-bond donors (Lipinski definition) is 0. The van der Waals surface area contributed by atoms with Crippen molar-refractivity contribution in [2.24, 2.45) is 0 Å². The van der Waals surface area contributed by atoms with Crippen LogP contribution in [0.2, 0.25) is 5.32 Å². The molecule has 178 valence electrons. The molecular formula is C28H38N2O2Se. The maximum absolute atomic E-state index is 5.94. The van der Waals surface area contributed by atoms with Crippen LogP contribution in [0.15, 0.2) is 52.9 Å². The van der Waals surface area contributed by atoms with Crippen molar-refractivity contribution < 1.29 is 9.15 Å². The van der Waals surface area contributed by atoms with E-state index in [-0.39, 0.29) is 0 Å². The van der Waals surface area contributed by atoms with Gasteiger partial charge in [0.05, 0.1) is 6.61 Å². The van der Waals surface area contributed by atoms with Crippen LogP contribution >= 0.6 is 0 Å². The molecule has 0 aliphatic rings. The second kappa shape index (κ2) is 14.9. The fourth-order valence-corrected chi connectivity index (χ4v) is 5.70. The summed E-state index contributed by atoms with van der Waals surface area (Å²) < 4.78 is 13.3. The Morgan fingerprint density at radius 2 is 1.21 bits per heavy atom. The van der Waals surface area contributed by atoms with E-state index < -0.39 is 0 Å². The van der Waals surface area contributed by atoms with Crippen LogP contribution in [0, 0.1) is 0 Å². The normalized spacial score (nSPS) is 11.1. The molecule has 5 heteroatoms. The van der Waals surface area contributed by atoms with Crippen LogP contribution in [0.3, 0.4) is 0 Å². The third-order valence-electron chi connectivity index (χ3n) is 5.66. The molecule has 4 nitrogen and oxygen atoms in total. The first-order chi connectivity index (χ1) is 16.3. The Balaban J connectivity index is 1.42. The first kappa shape index (κ1) is 25.5. The Hall–Kier alpha value is -2.10. The second-order valence-corrected chi connectivity index (χ2v) is 10.9. The van der Waals surface area contributed by atoms with Crippen molar-refractivity contribution in [2.45, 2.75) is 83.4 Å². The zero-order valence-corrected chi connectivity index (χ0v) is 21.9. The maximum atomic E-state index is 5.94. The molecule has 0 unspecified atom stereocenters. The molecule has 0 bridgehead atoms. The number of nitrogens with zero attached hydrogens (tertiary/aromatic N) is 2. The average Bonchev–Trinajstić information content (AvgIpc) is 3.34. The summed E-state index contributed by atoms with van der Waals surface area (Å²) in [6, 6.07) is 16.5. The zero-order valence-electron chi connectivity index (χ0n) is 20.2. The third kappa shape index (κ3) is 8.98. The molecule has 0 saturated carbocycles. The fraction of sp³-hybridized carbons (Fsp3) is 0.500. The van der Waals surface area contributed by atoms with Crippen LogP contribution in [-0.4, -0.2) is 31.8 Å². The first-order valence-electron chi connectivity index (χ1n) is 12.6. The van der Waals surface area contributed by atoms with Crippen LogP contribution in [0.5, 0.6) is 5.75 Å². The Labute approximate surface area is 205 Å². The van der Waals surface area contributed by atoms with Crippen LogP contribution in [0.4, 0.5) is 0 Å². The second-order valence-electron chi connectivity index (χ2n) is 8.49. The van der Waals surface area contributed by atoms with Gasteiger partial charge in [-0.15, -0.1) is 0 Å². The van der Waals surface area contributed by atoms with E-state index in [0.29, 0.717) is 26.7 Å². The van der Waals surface area contributed by atoms with Crippen LogP contribution in [-0.2, 0) is 0 Å². The minimum absolute atomic E-state index is 0.538. The summed E-state index contributed by atoms with van der Waals surface area (Å²) in [4.78, 5) is 0. The van der Waals surface area contributed by atoms with Crippen molar-refractivity contribution in [2.75, 3.05) is 6.61 Å². The molecule has 3 aromatic rings. The molecule has 0 amide bonds. The summed E-state index contributed by atoms with van der Waals surface area (Å²) >= 11 is 0.548. The van der Waals surface area contributed by atoms with E-state index >= 15 is 0 Å². The summed E-state index contributed by atoms with van der Waals surface area (Å²) in [5, 5.41) is 9.79. The van der Waals surface area contributed by atoms with Crippen LogP contribution in [0.25, 0.3) is 22.9 Å². The molecule has 0 saturated heterocycles. The molecule has 2 aromatic carbocycles. The van der Waals surface area contributed by atoms with E-state index in [0.717, 1.165) is 29.9 Å². The summed E-state index contributed by atoms with van der Waals surface area (Å²) in [7, 11) is 0. The van der Waals surface area contributed by atoms with E-state index in [9.17, 15) is 0 Å². The molecule has 0 fully saturated rings. The Bertz CT molecular complexity index is 906. The van der Waals surface area contributed by atoms with Gasteiger partial charge in [-0.3, -0.25) is 0 Å². The van der Waals surface area contributed by atoms with Gasteiger partial charge in [0.25, 0.3) is 0 Å². The number of unbranched alkanes of at least 4 members (excludes halogenated alkanes) is 8. The summed E-state index contributed by atoms with van der Waals surface area (Å²) in [5.74, 6) is 1.99. The van der Waals surface area contributed by atoms with Crippen LogP contribution < -0.4 is 9.20 Å². The predicted molar refractivity (Wildman–Crippen MR) is 138 cm³/mol. The van der Waals surface area contributed by atoms with Crippen molar-refractivity contribution >= 4 is 19.4 Å². The molecule has 1 heterocycles. The van der Waals surface area contributed by atoms with Crippen molar-refractivity contribution in [1.29, 1.82) is 0 Å². The van der Waals surface area contributed by atoms with Gasteiger partial charge in [0.1, 0.15) is 0 Å². The van der Waals surface area contributed by atoms with Crippen molar-refractivity contribution in [3.05, 3.63) is 48.5 Å². The van der Waals surface area contributed by atoms with Gasteiger partial charge < -0.3 is 0 Å². The monoisotopic (exact) mass is 514 g/mol. The molecule has 0 aliphatic heterocycles. The molecule has 3 rings (SSSR count). The fourth-order valence-electron chi connectivity index (χ4n) is 3.60. The van der Waals surface area contributed by atoms with Crippen LogP contribution in [0.1, 0.15) is 78.1 Å². The standard InChI is InChI=1S/C28H38N2O2Se/c1-3-5-7-8-9-10-11-12-21-31-25-17-13-23(14-18-25)27-29-30-28(32-27)24-15-19-26(20-16-24)33-22-6-4-2/h13-20H,3-12,21-22H2,1-2H3. The molecular weight excluding hydrogens is 475 g/mol. The molecule has 33 heavy (non-hydrogen) atoms. The predicted octanol–water partition coefficient (Wildman–Crippen LogP) is 7.47. The quantitative estimate of drug-likeness (QED) is 0.147. The topological polar surface area (TPSA) is 48.2 Å².